The SMILES string of the molecule is CCCCCC(CCC)c1ccc(S(=O)(=O)OC(C(=O)c2ccc(C)c(Cl)c2)c2ccc(C)c(Cl)c2)cc1. The number of halogens is 2. The molecule has 0 amide bonds. The molecule has 0 aromatic heterocycles. The summed E-state index contributed by atoms with van der Waals surface area (Å²) < 4.78 is 32.5. The fraction of sp³-hybridized carbons (Fsp3) is 0.387. The van der Waals surface area contributed by atoms with Gasteiger partial charge in [-0.2, -0.15) is 8.42 Å². The predicted octanol–water partition coefficient (Wildman–Crippen LogP) is 9.40. The zero-order chi connectivity index (χ0) is 27.9. The summed E-state index contributed by atoms with van der Waals surface area (Å²) in [6.45, 7) is 8.00. The van der Waals surface area contributed by atoms with Gasteiger partial charge in [-0.25, -0.2) is 4.18 Å². The van der Waals surface area contributed by atoms with Crippen LogP contribution in [-0.4, -0.2) is 14.2 Å². The van der Waals surface area contributed by atoms with Gasteiger partial charge in [0.15, 0.2) is 11.9 Å². The van der Waals surface area contributed by atoms with Crippen LogP contribution in [0.4, 0.5) is 0 Å². The first kappa shape index (κ1) is 30.4. The quantitative estimate of drug-likeness (QED) is 0.116. The van der Waals surface area contributed by atoms with Gasteiger partial charge in [0, 0.05) is 15.6 Å². The Hall–Kier alpha value is -2.18. The van der Waals surface area contributed by atoms with Crippen LogP contribution in [0.1, 0.15) is 97.0 Å². The third-order valence-corrected chi connectivity index (χ3v) is 8.96. The lowest BCUT2D eigenvalue weighted by Crippen LogP contribution is -2.21. The topological polar surface area (TPSA) is 60.4 Å². The average molecular weight is 576 g/mol. The highest BCUT2D eigenvalue weighted by molar-refractivity contribution is 7.86. The van der Waals surface area contributed by atoms with Crippen molar-refractivity contribution in [3.05, 3.63) is 98.5 Å². The van der Waals surface area contributed by atoms with Crippen LogP contribution in [0, 0.1) is 13.8 Å². The second-order valence-electron chi connectivity index (χ2n) is 9.82. The largest absolute Gasteiger partial charge is 0.298 e. The van der Waals surface area contributed by atoms with Gasteiger partial charge in [-0.3, -0.25) is 4.79 Å². The number of aryl methyl sites for hydroxylation is 2. The first-order valence-electron chi connectivity index (χ1n) is 13.2. The maximum absolute atomic E-state index is 13.6. The molecule has 4 nitrogen and oxygen atoms in total. The van der Waals surface area contributed by atoms with E-state index >= 15 is 0 Å². The molecule has 3 aromatic rings. The Labute approximate surface area is 237 Å². The smallest absolute Gasteiger partial charge is 0.291 e. The summed E-state index contributed by atoms with van der Waals surface area (Å²) in [4.78, 5) is 13.6. The van der Waals surface area contributed by atoms with Crippen LogP contribution >= 0.6 is 23.2 Å². The Bertz CT molecular complexity index is 1350. The molecular formula is C31H36Cl2O4S. The number of rotatable bonds is 13. The molecule has 2 unspecified atom stereocenters. The number of hydrogen-bond donors (Lipinski definition) is 0. The molecule has 7 heteroatoms. The summed E-state index contributed by atoms with van der Waals surface area (Å²) in [6, 6.07) is 16.7. The predicted molar refractivity (Wildman–Crippen MR) is 156 cm³/mol. The molecule has 0 N–H and O–H groups in total. The summed E-state index contributed by atoms with van der Waals surface area (Å²) in [7, 11) is -4.27. The summed E-state index contributed by atoms with van der Waals surface area (Å²) in [6.07, 6.45) is 5.27. The Balaban J connectivity index is 1.93. The molecule has 0 fully saturated rings. The molecule has 0 saturated carbocycles. The number of unbranched alkanes of at least 4 members (excludes halogenated alkanes) is 2. The Morgan fingerprint density at radius 1 is 0.789 bits per heavy atom. The molecule has 3 rings (SSSR count). The molecule has 0 aliphatic rings. The molecule has 0 saturated heterocycles. The number of carbonyl (C=O) groups excluding carboxylic acids is 1. The standard InChI is InChI=1S/C31H36Cl2O4S/c1-5-7-8-10-23(9-6-2)24-15-17-27(18-16-24)38(35,36)37-31(26-14-12-22(4)29(33)20-26)30(34)25-13-11-21(3)28(32)19-25/h11-20,23,31H,5-10H2,1-4H3. The molecule has 0 bridgehead atoms. The monoisotopic (exact) mass is 574 g/mol. The lowest BCUT2D eigenvalue weighted by Gasteiger charge is -2.19. The van der Waals surface area contributed by atoms with Crippen molar-refractivity contribution in [2.45, 2.75) is 83.1 Å². The van der Waals surface area contributed by atoms with Crippen molar-refractivity contribution in [1.82, 2.24) is 0 Å². The Morgan fingerprint density at radius 3 is 1.97 bits per heavy atom. The zero-order valence-corrected chi connectivity index (χ0v) is 24.8. The summed E-state index contributed by atoms with van der Waals surface area (Å²) in [5, 5.41) is 0.827. The highest BCUT2D eigenvalue weighted by Crippen LogP contribution is 2.33. The molecule has 204 valence electrons. The molecule has 0 aliphatic carbocycles. The minimum Gasteiger partial charge on any atom is -0.291 e. The minimum absolute atomic E-state index is 0.00278. The lowest BCUT2D eigenvalue weighted by atomic mass is 9.89. The van der Waals surface area contributed by atoms with Gasteiger partial charge in [0.25, 0.3) is 10.1 Å². The van der Waals surface area contributed by atoms with Gasteiger partial charge in [-0.15, -0.1) is 0 Å². The molecule has 38 heavy (non-hydrogen) atoms. The van der Waals surface area contributed by atoms with Crippen molar-refractivity contribution in [2.75, 3.05) is 0 Å². The molecule has 3 aromatic carbocycles. The third kappa shape index (κ3) is 7.69. The highest BCUT2D eigenvalue weighted by Gasteiger charge is 2.31. The van der Waals surface area contributed by atoms with Gasteiger partial charge in [0.05, 0.1) is 4.90 Å². The molecule has 0 spiro atoms. The zero-order valence-electron chi connectivity index (χ0n) is 22.5. The van der Waals surface area contributed by atoms with Crippen molar-refractivity contribution in [3.63, 3.8) is 0 Å². The Kier molecular flexibility index (Phi) is 11.0. The second-order valence-corrected chi connectivity index (χ2v) is 12.2. The average Bonchev–Trinajstić information content (AvgIpc) is 2.90. The first-order chi connectivity index (χ1) is 18.1. The van der Waals surface area contributed by atoms with E-state index < -0.39 is 22.0 Å². The summed E-state index contributed by atoms with van der Waals surface area (Å²) in [5.41, 5.74) is 3.33. The number of Topliss-reactive ketones (excluding diaryl/α,β-unsaturated/α-hetero) is 1. The van der Waals surface area contributed by atoms with E-state index in [1.165, 1.54) is 12.5 Å². The molecule has 0 heterocycles. The minimum atomic E-state index is -4.27. The fourth-order valence-electron chi connectivity index (χ4n) is 4.48. The van der Waals surface area contributed by atoms with Crippen LogP contribution in [0.15, 0.2) is 65.6 Å². The van der Waals surface area contributed by atoms with Gasteiger partial charge < -0.3 is 0 Å². The molecular weight excluding hydrogens is 539 g/mol. The number of carbonyl (C=O) groups is 1. The Morgan fingerprint density at radius 2 is 1.39 bits per heavy atom. The van der Waals surface area contributed by atoms with Crippen molar-refractivity contribution in [3.8, 4) is 0 Å². The summed E-state index contributed by atoms with van der Waals surface area (Å²) in [5.74, 6) is -0.134. The van der Waals surface area contributed by atoms with Gasteiger partial charge in [0.2, 0.25) is 0 Å². The van der Waals surface area contributed by atoms with Crippen LogP contribution in [-0.2, 0) is 14.3 Å². The summed E-state index contributed by atoms with van der Waals surface area (Å²) >= 11 is 12.6. The fourth-order valence-corrected chi connectivity index (χ4v) is 5.88. The maximum Gasteiger partial charge on any atom is 0.298 e. The number of benzene rings is 3. The van der Waals surface area contributed by atoms with E-state index in [1.807, 2.05) is 26.0 Å². The van der Waals surface area contributed by atoms with Crippen LogP contribution in [0.3, 0.4) is 0 Å². The van der Waals surface area contributed by atoms with Crippen molar-refractivity contribution >= 4 is 39.1 Å². The number of hydrogen-bond acceptors (Lipinski definition) is 4. The van der Waals surface area contributed by atoms with E-state index in [0.717, 1.165) is 48.8 Å². The van der Waals surface area contributed by atoms with E-state index in [9.17, 15) is 13.2 Å². The van der Waals surface area contributed by atoms with E-state index in [0.29, 0.717) is 21.5 Å². The molecule has 0 radical (unpaired) electrons. The number of ketones is 1. The van der Waals surface area contributed by atoms with Crippen LogP contribution in [0.25, 0.3) is 0 Å². The van der Waals surface area contributed by atoms with Crippen molar-refractivity contribution in [1.29, 1.82) is 0 Å². The normalized spacial score (nSPS) is 13.3. The first-order valence-corrected chi connectivity index (χ1v) is 15.3. The van der Waals surface area contributed by atoms with Crippen LogP contribution < -0.4 is 0 Å². The molecule has 2 atom stereocenters. The van der Waals surface area contributed by atoms with Crippen molar-refractivity contribution < 1.29 is 17.4 Å². The highest BCUT2D eigenvalue weighted by atomic mass is 35.5. The molecule has 0 aliphatic heterocycles. The van der Waals surface area contributed by atoms with Crippen LogP contribution in [0.2, 0.25) is 10.0 Å². The van der Waals surface area contributed by atoms with Gasteiger partial charge in [0.1, 0.15) is 0 Å². The van der Waals surface area contributed by atoms with Gasteiger partial charge >= 0.3 is 0 Å². The van der Waals surface area contributed by atoms with E-state index in [1.54, 1.807) is 42.5 Å². The third-order valence-electron chi connectivity index (χ3n) is 6.85. The van der Waals surface area contributed by atoms with Crippen molar-refractivity contribution in [2.24, 2.45) is 0 Å². The lowest BCUT2D eigenvalue weighted by molar-refractivity contribution is 0.0801. The van der Waals surface area contributed by atoms with E-state index in [-0.39, 0.29) is 10.5 Å². The van der Waals surface area contributed by atoms with Gasteiger partial charge in [-0.05, 0) is 79.1 Å². The maximum atomic E-state index is 13.6. The van der Waals surface area contributed by atoms with E-state index in [2.05, 4.69) is 13.8 Å². The second kappa shape index (κ2) is 13.7. The van der Waals surface area contributed by atoms with Crippen LogP contribution in [0.5, 0.6) is 0 Å². The van der Waals surface area contributed by atoms with E-state index in [4.69, 9.17) is 27.4 Å². The van der Waals surface area contributed by atoms with Gasteiger partial charge in [-0.1, -0.05) is 99.1 Å².